The van der Waals surface area contributed by atoms with Crippen LogP contribution in [0.1, 0.15) is 65.0 Å². The van der Waals surface area contributed by atoms with Gasteiger partial charge in [0.05, 0.1) is 11.9 Å². The summed E-state index contributed by atoms with van der Waals surface area (Å²) in [6.07, 6.45) is 10.7. The third-order valence-electron chi connectivity index (χ3n) is 9.13. The highest BCUT2D eigenvalue weighted by Gasteiger charge is 2.54. The Bertz CT molecular complexity index is 1410. The zero-order valence-corrected chi connectivity index (χ0v) is 24.7. The summed E-state index contributed by atoms with van der Waals surface area (Å²) in [7, 11) is 2.04. The molecule has 3 aromatic rings. The number of carbonyl (C=O) groups is 1. The van der Waals surface area contributed by atoms with Gasteiger partial charge in [-0.2, -0.15) is 5.10 Å². The number of nitrogens with zero attached hydrogens (tertiary/aromatic N) is 5. The lowest BCUT2D eigenvalue weighted by molar-refractivity contribution is -0.136. The minimum Gasteiger partial charge on any atom is -0.374 e. The standard InChI is InChI=1S/C33H44N6O/c1-23(15-32(2,3)4)39-21-33(22-39)16-27(17-33)31(40)36-30-14-26-13-24(9-10-25(26)18-34-30)28-19-35-37(5)29(28)20-38-11-7-6-8-12-38/h9-10,13-14,18-19,27H,1,6-8,11-12,15-17,20-22H2,2-5H3,(H,34,36,40). The minimum absolute atomic E-state index is 0.0644. The number of amides is 1. The highest BCUT2D eigenvalue weighted by molar-refractivity contribution is 5.95. The number of hydrogen-bond donors (Lipinski definition) is 1. The van der Waals surface area contributed by atoms with E-state index in [2.05, 4.69) is 70.7 Å². The summed E-state index contributed by atoms with van der Waals surface area (Å²) in [5.74, 6) is 0.787. The van der Waals surface area contributed by atoms with Crippen molar-refractivity contribution in [1.29, 1.82) is 0 Å². The Morgan fingerprint density at radius 2 is 1.82 bits per heavy atom. The number of aryl methyl sites for hydroxylation is 1. The maximum Gasteiger partial charge on any atom is 0.228 e. The first-order chi connectivity index (χ1) is 19.1. The van der Waals surface area contributed by atoms with E-state index in [0.717, 1.165) is 68.3 Å². The van der Waals surface area contributed by atoms with Crippen LogP contribution in [0.3, 0.4) is 0 Å². The van der Waals surface area contributed by atoms with E-state index >= 15 is 0 Å². The molecule has 1 amide bonds. The van der Waals surface area contributed by atoms with Crippen molar-refractivity contribution in [1.82, 2.24) is 24.6 Å². The summed E-state index contributed by atoms with van der Waals surface area (Å²) >= 11 is 0. The maximum absolute atomic E-state index is 13.1. The Morgan fingerprint density at radius 3 is 2.55 bits per heavy atom. The number of piperidine rings is 1. The van der Waals surface area contributed by atoms with Crippen LogP contribution in [-0.4, -0.2) is 56.7 Å². The molecule has 1 aromatic carbocycles. The second-order valence-corrected chi connectivity index (χ2v) is 13.9. The van der Waals surface area contributed by atoms with E-state index in [9.17, 15) is 4.79 Å². The van der Waals surface area contributed by atoms with Crippen LogP contribution in [0.5, 0.6) is 0 Å². The van der Waals surface area contributed by atoms with Gasteiger partial charge in [0.25, 0.3) is 0 Å². The zero-order valence-electron chi connectivity index (χ0n) is 24.7. The van der Waals surface area contributed by atoms with Gasteiger partial charge in [0.1, 0.15) is 5.82 Å². The Labute approximate surface area is 238 Å². The molecule has 1 spiro atoms. The van der Waals surface area contributed by atoms with Crippen molar-refractivity contribution in [3.63, 3.8) is 0 Å². The molecule has 2 saturated heterocycles. The van der Waals surface area contributed by atoms with Crippen molar-refractivity contribution in [2.24, 2.45) is 23.8 Å². The van der Waals surface area contributed by atoms with Gasteiger partial charge in [0.2, 0.25) is 5.91 Å². The predicted molar refractivity (Wildman–Crippen MR) is 162 cm³/mol. The molecular weight excluding hydrogens is 496 g/mol. The molecule has 212 valence electrons. The van der Waals surface area contributed by atoms with E-state index in [1.54, 1.807) is 0 Å². The van der Waals surface area contributed by atoms with Gasteiger partial charge in [-0.1, -0.05) is 45.9 Å². The molecule has 2 aliphatic heterocycles. The fourth-order valence-corrected chi connectivity index (χ4v) is 6.97. The molecule has 3 aliphatic rings. The monoisotopic (exact) mass is 540 g/mol. The number of allylic oxidation sites excluding steroid dienone is 1. The van der Waals surface area contributed by atoms with Crippen LogP contribution in [0.2, 0.25) is 0 Å². The molecule has 6 rings (SSSR count). The maximum atomic E-state index is 13.1. The first-order valence-corrected chi connectivity index (χ1v) is 14.9. The summed E-state index contributed by atoms with van der Waals surface area (Å²) < 4.78 is 2.01. The number of rotatable bonds is 7. The Kier molecular flexibility index (Phi) is 6.97. The minimum atomic E-state index is 0.0644. The smallest absolute Gasteiger partial charge is 0.228 e. The van der Waals surface area contributed by atoms with Crippen molar-refractivity contribution < 1.29 is 4.79 Å². The molecule has 4 heterocycles. The largest absolute Gasteiger partial charge is 0.374 e. The van der Waals surface area contributed by atoms with Crippen LogP contribution in [0.4, 0.5) is 5.82 Å². The highest BCUT2D eigenvalue weighted by Crippen LogP contribution is 2.53. The van der Waals surface area contributed by atoms with Crippen LogP contribution in [-0.2, 0) is 18.4 Å². The van der Waals surface area contributed by atoms with Gasteiger partial charge in [-0.05, 0) is 73.7 Å². The quantitative estimate of drug-likeness (QED) is 0.385. The summed E-state index contributed by atoms with van der Waals surface area (Å²) in [4.78, 5) is 22.6. The van der Waals surface area contributed by atoms with E-state index in [1.807, 2.05) is 30.2 Å². The summed E-state index contributed by atoms with van der Waals surface area (Å²) in [5, 5.41) is 9.85. The van der Waals surface area contributed by atoms with Crippen LogP contribution in [0.15, 0.2) is 48.9 Å². The molecule has 7 heteroatoms. The topological polar surface area (TPSA) is 66.3 Å². The van der Waals surface area contributed by atoms with E-state index in [4.69, 9.17) is 0 Å². The van der Waals surface area contributed by atoms with Gasteiger partial charge in [-0.3, -0.25) is 14.4 Å². The molecule has 0 bridgehead atoms. The summed E-state index contributed by atoms with van der Waals surface area (Å²) in [5.41, 5.74) is 5.36. The van der Waals surface area contributed by atoms with Crippen molar-refractivity contribution in [3.05, 3.63) is 54.6 Å². The number of carbonyl (C=O) groups excluding carboxylic acids is 1. The Hall–Kier alpha value is -3.19. The molecule has 7 nitrogen and oxygen atoms in total. The number of anilines is 1. The molecular formula is C33H44N6O. The molecule has 0 atom stereocenters. The molecule has 2 aromatic heterocycles. The second-order valence-electron chi connectivity index (χ2n) is 13.9. The number of likely N-dealkylation sites (tertiary alicyclic amines) is 2. The number of aromatic nitrogens is 3. The number of fused-ring (bicyclic) bond motifs is 1. The number of hydrogen-bond acceptors (Lipinski definition) is 5. The first kappa shape index (κ1) is 27.0. The lowest BCUT2D eigenvalue weighted by atomic mass is 9.57. The molecule has 3 fully saturated rings. The van der Waals surface area contributed by atoms with Gasteiger partial charge in [0, 0.05) is 60.9 Å². The SMILES string of the molecule is C=C(CC(C)(C)C)N1CC2(CC(C(=O)Nc3cc4cc(-c5cnn(C)c5CN5CCCCC5)ccc4cn3)C2)C1. The number of benzene rings is 1. The molecule has 40 heavy (non-hydrogen) atoms. The zero-order chi connectivity index (χ0) is 28.1. The molecule has 1 N–H and O–H groups in total. The average Bonchev–Trinajstić information content (AvgIpc) is 3.21. The van der Waals surface area contributed by atoms with E-state index in [-0.39, 0.29) is 17.2 Å². The van der Waals surface area contributed by atoms with Crippen molar-refractivity contribution in [3.8, 4) is 11.1 Å². The van der Waals surface area contributed by atoms with Crippen LogP contribution >= 0.6 is 0 Å². The normalized spacial score (nSPS) is 19.4. The van der Waals surface area contributed by atoms with Crippen molar-refractivity contribution in [2.45, 2.75) is 65.8 Å². The van der Waals surface area contributed by atoms with E-state index < -0.39 is 0 Å². The van der Waals surface area contributed by atoms with Crippen LogP contribution in [0, 0.1) is 16.7 Å². The van der Waals surface area contributed by atoms with Crippen molar-refractivity contribution in [2.75, 3.05) is 31.5 Å². The molecule has 1 saturated carbocycles. The summed E-state index contributed by atoms with van der Waals surface area (Å²) in [6.45, 7) is 16.4. The van der Waals surface area contributed by atoms with Crippen LogP contribution < -0.4 is 5.32 Å². The first-order valence-electron chi connectivity index (χ1n) is 14.9. The third kappa shape index (κ3) is 5.53. The van der Waals surface area contributed by atoms with Gasteiger partial charge >= 0.3 is 0 Å². The van der Waals surface area contributed by atoms with Crippen LogP contribution in [0.25, 0.3) is 21.9 Å². The fraction of sp³-hybridized carbons (Fsp3) is 0.545. The lowest BCUT2D eigenvalue weighted by Gasteiger charge is -2.60. The Balaban J connectivity index is 1.09. The second kappa shape index (κ2) is 10.3. The Morgan fingerprint density at radius 1 is 1.07 bits per heavy atom. The fourth-order valence-electron chi connectivity index (χ4n) is 6.97. The van der Waals surface area contributed by atoms with E-state index in [0.29, 0.717) is 11.2 Å². The van der Waals surface area contributed by atoms with Crippen molar-refractivity contribution >= 4 is 22.5 Å². The predicted octanol–water partition coefficient (Wildman–Crippen LogP) is 6.22. The summed E-state index contributed by atoms with van der Waals surface area (Å²) in [6, 6.07) is 8.49. The van der Waals surface area contributed by atoms with Gasteiger partial charge < -0.3 is 10.2 Å². The third-order valence-corrected chi connectivity index (χ3v) is 9.13. The molecule has 1 aliphatic carbocycles. The van der Waals surface area contributed by atoms with Gasteiger partial charge in [0.15, 0.2) is 0 Å². The van der Waals surface area contributed by atoms with Gasteiger partial charge in [-0.25, -0.2) is 4.98 Å². The highest BCUT2D eigenvalue weighted by atomic mass is 16.2. The molecule has 0 radical (unpaired) electrons. The van der Waals surface area contributed by atoms with Gasteiger partial charge in [-0.15, -0.1) is 0 Å². The lowest BCUT2D eigenvalue weighted by Crippen LogP contribution is -2.63. The molecule has 0 unspecified atom stereocenters. The number of pyridine rings is 1. The number of nitrogens with one attached hydrogen (secondary N) is 1. The van der Waals surface area contributed by atoms with E-state index in [1.165, 1.54) is 36.2 Å². The average molecular weight is 541 g/mol.